The molecule has 0 aliphatic heterocycles. The normalized spacial score (nSPS) is 12.1. The molecule has 7 nitrogen and oxygen atoms in total. The SMILES string of the molecule is Cc1cc(-c2nn(-c3ccccc3)cc2/C=c2\sc3nc(-c4ccccc4)nn3c2=O)ccc1OCCC(C)C. The van der Waals surface area contributed by atoms with Crippen LogP contribution in [0.4, 0.5) is 0 Å². The zero-order valence-electron chi connectivity index (χ0n) is 22.6. The van der Waals surface area contributed by atoms with Crippen molar-refractivity contribution in [3.8, 4) is 34.1 Å². The molecule has 0 amide bonds. The van der Waals surface area contributed by atoms with Crippen LogP contribution < -0.4 is 14.8 Å². The molecule has 0 fully saturated rings. The first-order valence-electron chi connectivity index (χ1n) is 13.3. The standard InChI is InChI=1S/C32H29N5O2S/c1-21(2)16-17-39-27-15-14-24(18-22(27)3)29-25(20-36(34-29)26-12-8-5-9-13-26)19-28-31(38)37-32(40-28)33-30(35-37)23-10-6-4-7-11-23/h4-15,18-21H,16-17H2,1-3H3/b28-19-. The van der Waals surface area contributed by atoms with Crippen molar-refractivity contribution in [2.75, 3.05) is 6.61 Å². The predicted molar refractivity (Wildman–Crippen MR) is 160 cm³/mol. The van der Waals surface area contributed by atoms with Crippen LogP contribution in [0.2, 0.25) is 0 Å². The minimum atomic E-state index is -0.196. The summed E-state index contributed by atoms with van der Waals surface area (Å²) in [4.78, 5) is 18.5. The third kappa shape index (κ3) is 5.18. The molecule has 0 spiro atoms. The molecule has 200 valence electrons. The number of ether oxygens (including phenoxy) is 1. The van der Waals surface area contributed by atoms with Gasteiger partial charge in [0.2, 0.25) is 4.96 Å². The van der Waals surface area contributed by atoms with Crippen LogP contribution in [0.15, 0.2) is 89.9 Å². The van der Waals surface area contributed by atoms with Crippen LogP contribution in [0.25, 0.3) is 39.4 Å². The maximum atomic E-state index is 13.3. The van der Waals surface area contributed by atoms with Crippen molar-refractivity contribution >= 4 is 22.4 Å². The van der Waals surface area contributed by atoms with Gasteiger partial charge in [-0.2, -0.15) is 14.6 Å². The topological polar surface area (TPSA) is 74.3 Å². The molecule has 6 aromatic rings. The van der Waals surface area contributed by atoms with E-state index in [4.69, 9.17) is 9.84 Å². The van der Waals surface area contributed by atoms with Gasteiger partial charge < -0.3 is 4.74 Å². The van der Waals surface area contributed by atoms with Crippen LogP contribution >= 0.6 is 11.3 Å². The van der Waals surface area contributed by atoms with Crippen LogP contribution in [-0.2, 0) is 0 Å². The van der Waals surface area contributed by atoms with E-state index in [9.17, 15) is 4.79 Å². The highest BCUT2D eigenvalue weighted by Crippen LogP contribution is 2.29. The van der Waals surface area contributed by atoms with Crippen LogP contribution in [0.1, 0.15) is 31.4 Å². The van der Waals surface area contributed by atoms with Gasteiger partial charge in [-0.3, -0.25) is 4.79 Å². The Morgan fingerprint density at radius 3 is 2.40 bits per heavy atom. The van der Waals surface area contributed by atoms with Gasteiger partial charge in [0.05, 0.1) is 16.8 Å². The summed E-state index contributed by atoms with van der Waals surface area (Å²) in [5.41, 5.74) is 5.22. The molecule has 0 unspecified atom stereocenters. The molecule has 0 atom stereocenters. The third-order valence-corrected chi connectivity index (χ3v) is 7.62. The highest BCUT2D eigenvalue weighted by atomic mass is 32.1. The van der Waals surface area contributed by atoms with Gasteiger partial charge >= 0.3 is 0 Å². The summed E-state index contributed by atoms with van der Waals surface area (Å²) in [6.07, 6.45) is 4.85. The first-order chi connectivity index (χ1) is 19.5. The Labute approximate surface area is 236 Å². The van der Waals surface area contributed by atoms with Crippen LogP contribution in [-0.4, -0.2) is 31.0 Å². The average molecular weight is 548 g/mol. The van der Waals surface area contributed by atoms with Gasteiger partial charge in [0, 0.05) is 22.9 Å². The molecule has 3 heterocycles. The Balaban J connectivity index is 1.41. The van der Waals surface area contributed by atoms with Crippen molar-refractivity contribution in [1.29, 1.82) is 0 Å². The summed E-state index contributed by atoms with van der Waals surface area (Å²) in [7, 11) is 0. The molecule has 0 aliphatic rings. The first-order valence-corrected chi connectivity index (χ1v) is 14.1. The van der Waals surface area contributed by atoms with E-state index in [0.717, 1.165) is 45.8 Å². The van der Waals surface area contributed by atoms with Gasteiger partial charge in [-0.05, 0) is 61.2 Å². The van der Waals surface area contributed by atoms with E-state index in [1.807, 2.05) is 96.7 Å². The number of rotatable bonds is 8. The van der Waals surface area contributed by atoms with Crippen molar-refractivity contribution < 1.29 is 4.74 Å². The molecule has 6 rings (SSSR count). The lowest BCUT2D eigenvalue weighted by Crippen LogP contribution is -2.23. The second-order valence-corrected chi connectivity index (χ2v) is 11.1. The minimum Gasteiger partial charge on any atom is -0.493 e. The molecular formula is C32H29N5O2S. The summed E-state index contributed by atoms with van der Waals surface area (Å²) < 4.78 is 9.81. The number of aryl methyl sites for hydroxylation is 1. The number of benzene rings is 3. The van der Waals surface area contributed by atoms with E-state index in [1.54, 1.807) is 0 Å². The molecular weight excluding hydrogens is 518 g/mol. The second kappa shape index (κ2) is 10.9. The Morgan fingerprint density at radius 2 is 1.70 bits per heavy atom. The lowest BCUT2D eigenvalue weighted by Gasteiger charge is -2.11. The highest BCUT2D eigenvalue weighted by Gasteiger charge is 2.16. The summed E-state index contributed by atoms with van der Waals surface area (Å²) in [6.45, 7) is 7.12. The van der Waals surface area contributed by atoms with E-state index in [2.05, 4.69) is 30.0 Å². The Morgan fingerprint density at radius 1 is 0.950 bits per heavy atom. The van der Waals surface area contributed by atoms with Crippen molar-refractivity contribution in [1.82, 2.24) is 24.4 Å². The van der Waals surface area contributed by atoms with Crippen molar-refractivity contribution in [3.05, 3.63) is 111 Å². The number of aromatic nitrogens is 5. The molecule has 3 aromatic heterocycles. The predicted octanol–water partition coefficient (Wildman–Crippen LogP) is 5.95. The molecule has 0 bridgehead atoms. The van der Waals surface area contributed by atoms with E-state index in [-0.39, 0.29) is 5.56 Å². The largest absolute Gasteiger partial charge is 0.493 e. The summed E-state index contributed by atoms with van der Waals surface area (Å²) in [5, 5.41) is 9.42. The van der Waals surface area contributed by atoms with Gasteiger partial charge in [-0.1, -0.05) is 73.7 Å². The molecule has 40 heavy (non-hydrogen) atoms. The number of thiazole rings is 1. The summed E-state index contributed by atoms with van der Waals surface area (Å²) in [6, 6.07) is 25.7. The molecule has 8 heteroatoms. The van der Waals surface area contributed by atoms with E-state index in [0.29, 0.717) is 27.8 Å². The fourth-order valence-electron chi connectivity index (χ4n) is 4.48. The zero-order chi connectivity index (χ0) is 27.6. The molecule has 3 aromatic carbocycles. The van der Waals surface area contributed by atoms with Gasteiger partial charge in [0.1, 0.15) is 11.4 Å². The molecule has 0 aliphatic carbocycles. The Hall–Kier alpha value is -4.56. The average Bonchev–Trinajstić information content (AvgIpc) is 3.65. The van der Waals surface area contributed by atoms with Crippen molar-refractivity contribution in [2.45, 2.75) is 27.2 Å². The molecule has 0 saturated heterocycles. The lowest BCUT2D eigenvalue weighted by molar-refractivity contribution is 0.288. The smallest absolute Gasteiger partial charge is 0.291 e. The van der Waals surface area contributed by atoms with Gasteiger partial charge in [0.25, 0.3) is 5.56 Å². The Bertz CT molecular complexity index is 1890. The Kier molecular flexibility index (Phi) is 7.00. The van der Waals surface area contributed by atoms with E-state index in [1.165, 1.54) is 15.9 Å². The monoisotopic (exact) mass is 547 g/mol. The lowest BCUT2D eigenvalue weighted by atomic mass is 10.0. The number of hydrogen-bond acceptors (Lipinski definition) is 6. The highest BCUT2D eigenvalue weighted by molar-refractivity contribution is 7.15. The van der Waals surface area contributed by atoms with Gasteiger partial charge in [-0.15, -0.1) is 5.10 Å². The van der Waals surface area contributed by atoms with Crippen LogP contribution in [0.5, 0.6) is 5.75 Å². The van der Waals surface area contributed by atoms with Crippen molar-refractivity contribution in [3.63, 3.8) is 0 Å². The van der Waals surface area contributed by atoms with Crippen LogP contribution in [0, 0.1) is 12.8 Å². The zero-order valence-corrected chi connectivity index (χ0v) is 23.4. The van der Waals surface area contributed by atoms with Gasteiger partial charge in [-0.25, -0.2) is 4.68 Å². The summed E-state index contributed by atoms with van der Waals surface area (Å²) >= 11 is 1.32. The third-order valence-electron chi connectivity index (χ3n) is 6.66. The van der Waals surface area contributed by atoms with E-state index < -0.39 is 0 Å². The number of para-hydroxylation sites is 1. The van der Waals surface area contributed by atoms with Gasteiger partial charge in [0.15, 0.2) is 5.82 Å². The summed E-state index contributed by atoms with van der Waals surface area (Å²) in [5.74, 6) is 2.00. The maximum Gasteiger partial charge on any atom is 0.291 e. The van der Waals surface area contributed by atoms with E-state index >= 15 is 0 Å². The molecule has 0 saturated carbocycles. The fourth-order valence-corrected chi connectivity index (χ4v) is 5.38. The van der Waals surface area contributed by atoms with Crippen LogP contribution in [0.3, 0.4) is 0 Å². The number of fused-ring (bicyclic) bond motifs is 1. The number of nitrogens with zero attached hydrogens (tertiary/aromatic N) is 5. The quantitative estimate of drug-likeness (QED) is 0.235. The first kappa shape index (κ1) is 25.7. The maximum absolute atomic E-state index is 13.3. The molecule has 0 radical (unpaired) electrons. The fraction of sp³-hybridized carbons (Fsp3) is 0.188. The molecule has 0 N–H and O–H groups in total. The number of hydrogen-bond donors (Lipinski definition) is 0. The van der Waals surface area contributed by atoms with Crippen molar-refractivity contribution in [2.24, 2.45) is 5.92 Å². The second-order valence-electron chi connectivity index (χ2n) is 10.1. The minimum absolute atomic E-state index is 0.196.